The molecule has 6 heteroatoms. The molecule has 4 aliphatic carbocycles. The zero-order valence-corrected chi connectivity index (χ0v) is 23.7. The van der Waals surface area contributed by atoms with Crippen molar-refractivity contribution in [2.45, 2.75) is 111 Å². The first-order valence-corrected chi connectivity index (χ1v) is 13.9. The third-order valence-electron chi connectivity index (χ3n) is 11.9. The zero-order chi connectivity index (χ0) is 26.7. The Hall–Kier alpha value is -2.76. The molecule has 0 spiro atoms. The van der Waals surface area contributed by atoms with Gasteiger partial charge in [0.1, 0.15) is 0 Å². The minimum atomic E-state index is 0. The van der Waals surface area contributed by atoms with Gasteiger partial charge in [-0.1, -0.05) is 86.7 Å². The highest BCUT2D eigenvalue weighted by atomic mass is 16.1. The van der Waals surface area contributed by atoms with Crippen LogP contribution in [0, 0.1) is 10.8 Å². The van der Waals surface area contributed by atoms with Crippen molar-refractivity contribution in [3.63, 3.8) is 0 Å². The fraction of sp³-hybridized carbons (Fsp3) is 0.636. The van der Waals surface area contributed by atoms with Gasteiger partial charge in [-0.25, -0.2) is 4.68 Å². The monoisotopic (exact) mass is 534 g/mol. The second kappa shape index (κ2) is 8.87. The number of rotatable bonds is 2. The second-order valence-electron chi connectivity index (χ2n) is 13.7. The predicted octanol–water partition coefficient (Wildman–Crippen LogP) is 6.57. The van der Waals surface area contributed by atoms with Gasteiger partial charge in [-0.2, -0.15) is 0 Å². The van der Waals surface area contributed by atoms with E-state index in [1.807, 2.05) is 34.6 Å². The van der Waals surface area contributed by atoms with E-state index in [-0.39, 0.29) is 47.6 Å². The Morgan fingerprint density at radius 2 is 1.31 bits per heavy atom. The van der Waals surface area contributed by atoms with Gasteiger partial charge >= 0.3 is 0 Å². The lowest BCUT2D eigenvalue weighted by Crippen LogP contribution is -2.35. The van der Waals surface area contributed by atoms with Gasteiger partial charge < -0.3 is 0 Å². The summed E-state index contributed by atoms with van der Waals surface area (Å²) in [6, 6.07) is 10.3. The van der Waals surface area contributed by atoms with Crippen molar-refractivity contribution in [1.82, 2.24) is 19.1 Å². The number of H-pyrrole nitrogens is 1. The standard InChI is InChI=1S/C19H24N2O.C12H18N2O.2CH4/c1-18(2)14-10-11-19(18,3)16-15(14)17(22)21(20(16)4)12-13-8-6-5-7-9-13;1-11(2)7-5-6-12(11,3)9-8(7)10(15)13-14(9)4;;/h5-9,14H,10-12H2,1-4H3;7H,5-6H2,1-4H3,(H,13,15);2*1H4/t14-,19+;7-,12+;;/m11../s1. The molecule has 0 aliphatic heterocycles. The van der Waals surface area contributed by atoms with Crippen LogP contribution >= 0.6 is 0 Å². The summed E-state index contributed by atoms with van der Waals surface area (Å²) in [5, 5.41) is 2.90. The summed E-state index contributed by atoms with van der Waals surface area (Å²) in [5.41, 5.74) is 6.99. The highest BCUT2D eigenvalue weighted by Crippen LogP contribution is 2.67. The van der Waals surface area contributed by atoms with Gasteiger partial charge in [0.2, 0.25) is 0 Å². The summed E-state index contributed by atoms with van der Waals surface area (Å²) in [5.74, 6) is 0.880. The van der Waals surface area contributed by atoms with E-state index in [4.69, 9.17) is 0 Å². The fourth-order valence-corrected chi connectivity index (χ4v) is 8.98. The second-order valence-corrected chi connectivity index (χ2v) is 13.7. The Balaban J connectivity index is 0.000000183. The van der Waals surface area contributed by atoms with E-state index in [1.54, 1.807) is 0 Å². The van der Waals surface area contributed by atoms with Crippen LogP contribution in [0.4, 0.5) is 0 Å². The normalized spacial score (nSPS) is 29.6. The maximum absolute atomic E-state index is 13.0. The Morgan fingerprint density at radius 3 is 1.82 bits per heavy atom. The van der Waals surface area contributed by atoms with Crippen LogP contribution in [0.15, 0.2) is 39.9 Å². The van der Waals surface area contributed by atoms with Gasteiger partial charge in [-0.3, -0.25) is 24.1 Å². The first-order valence-electron chi connectivity index (χ1n) is 13.9. The van der Waals surface area contributed by atoms with E-state index in [9.17, 15) is 9.59 Å². The lowest BCUT2D eigenvalue weighted by Gasteiger charge is -2.36. The van der Waals surface area contributed by atoms with E-state index in [0.29, 0.717) is 18.4 Å². The van der Waals surface area contributed by atoms with Crippen molar-refractivity contribution in [1.29, 1.82) is 0 Å². The number of nitrogens with one attached hydrogen (secondary N) is 1. The number of hydrogen-bond acceptors (Lipinski definition) is 2. The molecule has 1 N–H and O–H groups in total. The first kappa shape index (κ1) is 29.2. The molecule has 39 heavy (non-hydrogen) atoms. The molecule has 6 nitrogen and oxygen atoms in total. The largest absolute Gasteiger partial charge is 0.291 e. The molecular weight excluding hydrogens is 484 g/mol. The molecule has 0 unspecified atom stereocenters. The summed E-state index contributed by atoms with van der Waals surface area (Å²) >= 11 is 0. The molecule has 0 amide bonds. The average Bonchev–Trinajstić information content (AvgIpc) is 3.53. The van der Waals surface area contributed by atoms with Crippen molar-refractivity contribution in [2.75, 3.05) is 0 Å². The summed E-state index contributed by atoms with van der Waals surface area (Å²) in [6.45, 7) is 14.6. The van der Waals surface area contributed by atoms with Crippen LogP contribution in [0.2, 0.25) is 0 Å². The highest BCUT2D eigenvalue weighted by molar-refractivity contribution is 5.46. The molecule has 2 heterocycles. The van der Waals surface area contributed by atoms with E-state index in [2.05, 4.69) is 70.5 Å². The van der Waals surface area contributed by atoms with Gasteiger partial charge in [0.05, 0.1) is 12.2 Å². The van der Waals surface area contributed by atoms with E-state index >= 15 is 0 Å². The summed E-state index contributed by atoms with van der Waals surface area (Å²) in [6.07, 6.45) is 4.73. The van der Waals surface area contributed by atoms with Crippen LogP contribution in [0.1, 0.15) is 122 Å². The maximum atomic E-state index is 13.0. The van der Waals surface area contributed by atoms with Gasteiger partial charge in [0.15, 0.2) is 0 Å². The number of nitrogens with zero attached hydrogens (tertiary/aromatic N) is 3. The number of fused-ring (bicyclic) bond motifs is 10. The molecule has 4 bridgehead atoms. The molecular formula is C33H50N4O2. The van der Waals surface area contributed by atoms with Crippen molar-refractivity contribution < 1.29 is 0 Å². The molecule has 2 aromatic heterocycles. The predicted molar refractivity (Wildman–Crippen MR) is 161 cm³/mol. The van der Waals surface area contributed by atoms with Crippen LogP contribution in [0.5, 0.6) is 0 Å². The van der Waals surface area contributed by atoms with Crippen LogP contribution in [-0.2, 0) is 31.5 Å². The highest BCUT2D eigenvalue weighted by Gasteiger charge is 2.63. The van der Waals surface area contributed by atoms with E-state index in [1.165, 1.54) is 36.2 Å². The Morgan fingerprint density at radius 1 is 0.795 bits per heavy atom. The van der Waals surface area contributed by atoms with Gasteiger partial charge in [-0.15, -0.1) is 0 Å². The van der Waals surface area contributed by atoms with Gasteiger partial charge in [0, 0.05) is 41.7 Å². The Labute approximate surface area is 234 Å². The van der Waals surface area contributed by atoms with Gasteiger partial charge in [-0.05, 0) is 53.9 Å². The first-order chi connectivity index (χ1) is 17.3. The summed E-state index contributed by atoms with van der Waals surface area (Å²) in [4.78, 5) is 24.9. The molecule has 2 saturated carbocycles. The van der Waals surface area contributed by atoms with Crippen LogP contribution in [0.25, 0.3) is 0 Å². The topological polar surface area (TPSA) is 64.7 Å². The van der Waals surface area contributed by atoms with Crippen molar-refractivity contribution in [2.24, 2.45) is 24.9 Å². The zero-order valence-electron chi connectivity index (χ0n) is 23.7. The molecule has 0 radical (unpaired) electrons. The number of hydrogen-bond donors (Lipinski definition) is 1. The Bertz CT molecular complexity index is 1520. The van der Waals surface area contributed by atoms with Gasteiger partial charge in [0.25, 0.3) is 11.1 Å². The van der Waals surface area contributed by atoms with Crippen LogP contribution in [-0.4, -0.2) is 19.1 Å². The molecule has 4 aliphatic rings. The molecule has 214 valence electrons. The van der Waals surface area contributed by atoms with Crippen LogP contribution < -0.4 is 11.1 Å². The quantitative estimate of drug-likeness (QED) is 0.404. The molecule has 2 fully saturated rings. The lowest BCUT2D eigenvalue weighted by molar-refractivity contribution is 0.215. The molecule has 4 atom stereocenters. The fourth-order valence-electron chi connectivity index (χ4n) is 8.98. The third kappa shape index (κ3) is 3.39. The molecule has 0 saturated heterocycles. The number of benzene rings is 1. The Kier molecular flexibility index (Phi) is 6.65. The maximum Gasteiger partial charge on any atom is 0.270 e. The minimum absolute atomic E-state index is 0. The third-order valence-corrected chi connectivity index (χ3v) is 11.9. The smallest absolute Gasteiger partial charge is 0.270 e. The summed E-state index contributed by atoms with van der Waals surface area (Å²) in [7, 11) is 4.02. The number of aromatic nitrogens is 4. The SMILES string of the molecule is C.C.Cn1[nH]c(=O)c2c1[C@]1(C)CC[C@H]2C1(C)C.Cn1c2c(c(=O)n1Cc1ccccc1)[C@H]1CC[C@]2(C)C1(C)C. The molecule has 7 rings (SSSR count). The summed E-state index contributed by atoms with van der Waals surface area (Å²) < 4.78 is 6.01. The molecule has 3 aromatic rings. The lowest BCUT2D eigenvalue weighted by atomic mass is 9.70. The van der Waals surface area contributed by atoms with Crippen molar-refractivity contribution in [3.05, 3.63) is 79.1 Å². The van der Waals surface area contributed by atoms with Crippen LogP contribution in [0.3, 0.4) is 0 Å². The van der Waals surface area contributed by atoms with Crippen molar-refractivity contribution in [3.8, 4) is 0 Å². The number of aryl methyl sites for hydroxylation is 1. The minimum Gasteiger partial charge on any atom is -0.291 e. The molecule has 1 aromatic carbocycles. The van der Waals surface area contributed by atoms with E-state index in [0.717, 1.165) is 17.5 Å². The van der Waals surface area contributed by atoms with Crippen molar-refractivity contribution >= 4 is 0 Å². The van der Waals surface area contributed by atoms with E-state index < -0.39 is 0 Å². The number of aromatic amines is 1. The average molecular weight is 535 g/mol.